The van der Waals surface area contributed by atoms with Gasteiger partial charge >= 0.3 is 0 Å². The van der Waals surface area contributed by atoms with Gasteiger partial charge in [-0.3, -0.25) is 0 Å². The first-order chi connectivity index (χ1) is 6.70. The van der Waals surface area contributed by atoms with Crippen LogP contribution in [0.5, 0.6) is 0 Å². The Bertz CT molecular complexity index is 187. The Morgan fingerprint density at radius 1 is 1.36 bits per heavy atom. The molecule has 2 heteroatoms. The van der Waals surface area contributed by atoms with E-state index in [1.807, 2.05) is 13.8 Å². The second kappa shape index (κ2) is 6.20. The molecule has 14 heavy (non-hydrogen) atoms. The molecule has 0 aromatic carbocycles. The third-order valence-electron chi connectivity index (χ3n) is 2.66. The van der Waals surface area contributed by atoms with E-state index >= 15 is 0 Å². The minimum absolute atomic E-state index is 0.121. The van der Waals surface area contributed by atoms with Crippen LogP contribution in [0.4, 0.5) is 0 Å². The number of ether oxygens (including phenoxy) is 1. The van der Waals surface area contributed by atoms with Crippen LogP contribution in [-0.4, -0.2) is 18.8 Å². The molecule has 0 saturated heterocycles. The lowest BCUT2D eigenvalue weighted by molar-refractivity contribution is 0.0732. The largest absolute Gasteiger partial charge is 0.377 e. The number of hydrogen-bond donors (Lipinski definition) is 1. The molecular weight excluding hydrogens is 174 g/mol. The van der Waals surface area contributed by atoms with E-state index in [1.165, 1.54) is 37.7 Å². The Kier molecular flexibility index (Phi) is 5.20. The van der Waals surface area contributed by atoms with E-state index in [4.69, 9.17) is 10.5 Å². The summed E-state index contributed by atoms with van der Waals surface area (Å²) in [5, 5.41) is 0. The lowest BCUT2D eigenvalue weighted by Crippen LogP contribution is -2.29. The first-order valence-corrected chi connectivity index (χ1v) is 5.76. The maximum absolute atomic E-state index is 6.07. The monoisotopic (exact) mass is 197 g/mol. The second-order valence-electron chi connectivity index (χ2n) is 4.37. The van der Waals surface area contributed by atoms with Gasteiger partial charge in [0.1, 0.15) is 0 Å². The lowest BCUT2D eigenvalue weighted by atomic mass is 10.0. The molecule has 1 aliphatic carbocycles. The molecule has 82 valence electrons. The summed E-state index contributed by atoms with van der Waals surface area (Å²) in [6.45, 7) is 4.77. The Labute approximate surface area is 87.5 Å². The van der Waals surface area contributed by atoms with Gasteiger partial charge in [-0.1, -0.05) is 18.1 Å². The van der Waals surface area contributed by atoms with Crippen LogP contribution >= 0.6 is 0 Å². The summed E-state index contributed by atoms with van der Waals surface area (Å²) < 4.78 is 5.53. The van der Waals surface area contributed by atoms with Gasteiger partial charge in [0.2, 0.25) is 0 Å². The molecular formula is C12H23NO. The van der Waals surface area contributed by atoms with Crippen LogP contribution in [0.2, 0.25) is 0 Å². The normalized spacial score (nSPS) is 20.4. The Morgan fingerprint density at radius 3 is 2.86 bits per heavy atom. The summed E-state index contributed by atoms with van der Waals surface area (Å²) in [6, 6.07) is 0.121. The topological polar surface area (TPSA) is 35.2 Å². The maximum atomic E-state index is 6.07. The summed E-state index contributed by atoms with van der Waals surface area (Å²) in [4.78, 5) is 0. The van der Waals surface area contributed by atoms with Crippen molar-refractivity contribution in [3.8, 4) is 0 Å². The highest BCUT2D eigenvalue weighted by molar-refractivity contribution is 5.11. The summed E-state index contributed by atoms with van der Waals surface area (Å²) >= 11 is 0. The van der Waals surface area contributed by atoms with Gasteiger partial charge in [-0.25, -0.2) is 0 Å². The standard InChI is InChI=1S/C12H23NO/c1-10(2)14-9-12(13)11-7-5-3-4-6-8-11/h7,10,12H,3-6,8-9,13H2,1-2H3. The fourth-order valence-electron chi connectivity index (χ4n) is 1.78. The summed E-state index contributed by atoms with van der Waals surface area (Å²) in [7, 11) is 0. The van der Waals surface area contributed by atoms with E-state index in [0.717, 1.165) is 0 Å². The molecule has 0 saturated carbocycles. The Morgan fingerprint density at radius 2 is 2.14 bits per heavy atom. The first-order valence-electron chi connectivity index (χ1n) is 5.76. The fraction of sp³-hybridized carbons (Fsp3) is 0.833. The number of allylic oxidation sites excluding steroid dienone is 1. The van der Waals surface area contributed by atoms with Crippen molar-refractivity contribution >= 4 is 0 Å². The molecule has 0 amide bonds. The van der Waals surface area contributed by atoms with Crippen molar-refractivity contribution in [3.05, 3.63) is 11.6 Å². The van der Waals surface area contributed by atoms with Crippen molar-refractivity contribution < 1.29 is 4.74 Å². The zero-order chi connectivity index (χ0) is 10.4. The summed E-state index contributed by atoms with van der Waals surface area (Å²) in [5.74, 6) is 0. The zero-order valence-electron chi connectivity index (χ0n) is 9.46. The van der Waals surface area contributed by atoms with E-state index in [-0.39, 0.29) is 12.1 Å². The Balaban J connectivity index is 2.33. The van der Waals surface area contributed by atoms with Crippen molar-refractivity contribution in [1.29, 1.82) is 0 Å². The molecule has 0 spiro atoms. The van der Waals surface area contributed by atoms with Crippen molar-refractivity contribution in [3.63, 3.8) is 0 Å². The van der Waals surface area contributed by atoms with E-state index in [0.29, 0.717) is 6.61 Å². The van der Waals surface area contributed by atoms with Gasteiger partial charge in [0, 0.05) is 6.04 Å². The maximum Gasteiger partial charge on any atom is 0.0659 e. The van der Waals surface area contributed by atoms with Gasteiger partial charge in [-0.05, 0) is 39.5 Å². The predicted molar refractivity (Wildman–Crippen MR) is 60.2 cm³/mol. The van der Waals surface area contributed by atoms with Gasteiger partial charge in [0.05, 0.1) is 12.7 Å². The molecule has 0 heterocycles. The second-order valence-corrected chi connectivity index (χ2v) is 4.37. The van der Waals surface area contributed by atoms with Crippen molar-refractivity contribution in [2.24, 2.45) is 5.73 Å². The molecule has 1 atom stereocenters. The quantitative estimate of drug-likeness (QED) is 0.703. The highest BCUT2D eigenvalue weighted by atomic mass is 16.5. The minimum atomic E-state index is 0.121. The summed E-state index contributed by atoms with van der Waals surface area (Å²) in [6.07, 6.45) is 8.93. The van der Waals surface area contributed by atoms with Crippen LogP contribution < -0.4 is 5.73 Å². The molecule has 0 aromatic heterocycles. The van der Waals surface area contributed by atoms with Crippen LogP contribution in [-0.2, 0) is 4.74 Å². The average molecular weight is 197 g/mol. The van der Waals surface area contributed by atoms with E-state index in [9.17, 15) is 0 Å². The SMILES string of the molecule is CC(C)OCC(N)C1=CCCCCC1. The molecule has 0 bridgehead atoms. The molecule has 1 aliphatic rings. The van der Waals surface area contributed by atoms with Crippen molar-refractivity contribution in [1.82, 2.24) is 0 Å². The van der Waals surface area contributed by atoms with Crippen LogP contribution in [0.3, 0.4) is 0 Å². The van der Waals surface area contributed by atoms with Gasteiger partial charge in [0.25, 0.3) is 0 Å². The van der Waals surface area contributed by atoms with Crippen molar-refractivity contribution in [2.75, 3.05) is 6.61 Å². The fourth-order valence-corrected chi connectivity index (χ4v) is 1.78. The summed E-state index contributed by atoms with van der Waals surface area (Å²) in [5.41, 5.74) is 7.48. The van der Waals surface area contributed by atoms with Gasteiger partial charge in [0.15, 0.2) is 0 Å². The molecule has 0 fully saturated rings. The smallest absolute Gasteiger partial charge is 0.0659 e. The molecule has 0 radical (unpaired) electrons. The average Bonchev–Trinajstić information content (AvgIpc) is 2.42. The van der Waals surface area contributed by atoms with Gasteiger partial charge < -0.3 is 10.5 Å². The number of rotatable bonds is 4. The van der Waals surface area contributed by atoms with Crippen LogP contribution in [0, 0.1) is 0 Å². The van der Waals surface area contributed by atoms with E-state index in [2.05, 4.69) is 6.08 Å². The van der Waals surface area contributed by atoms with Crippen LogP contribution in [0.25, 0.3) is 0 Å². The lowest BCUT2D eigenvalue weighted by Gasteiger charge is -2.17. The highest BCUT2D eigenvalue weighted by Gasteiger charge is 2.11. The van der Waals surface area contributed by atoms with E-state index < -0.39 is 0 Å². The predicted octanol–water partition coefficient (Wildman–Crippen LogP) is 2.63. The molecule has 0 aliphatic heterocycles. The highest BCUT2D eigenvalue weighted by Crippen LogP contribution is 2.19. The van der Waals surface area contributed by atoms with Crippen LogP contribution in [0.1, 0.15) is 46.0 Å². The minimum Gasteiger partial charge on any atom is -0.377 e. The molecule has 0 aromatic rings. The van der Waals surface area contributed by atoms with Crippen molar-refractivity contribution in [2.45, 2.75) is 58.1 Å². The Hall–Kier alpha value is -0.340. The third kappa shape index (κ3) is 4.25. The first kappa shape index (κ1) is 11.7. The van der Waals surface area contributed by atoms with E-state index in [1.54, 1.807) is 0 Å². The molecule has 2 N–H and O–H groups in total. The molecule has 2 nitrogen and oxygen atoms in total. The number of nitrogens with two attached hydrogens (primary N) is 1. The molecule has 1 rings (SSSR count). The van der Waals surface area contributed by atoms with Gasteiger partial charge in [-0.15, -0.1) is 0 Å². The molecule has 1 unspecified atom stereocenters. The zero-order valence-corrected chi connectivity index (χ0v) is 9.46. The third-order valence-corrected chi connectivity index (χ3v) is 2.66. The number of hydrogen-bond acceptors (Lipinski definition) is 2. The van der Waals surface area contributed by atoms with Crippen LogP contribution in [0.15, 0.2) is 11.6 Å². The van der Waals surface area contributed by atoms with Gasteiger partial charge in [-0.2, -0.15) is 0 Å².